The normalized spacial score (nSPS) is 35.0. The lowest BCUT2D eigenvalue weighted by molar-refractivity contribution is -0.123. The minimum Gasteiger partial charge on any atom is -0.352 e. The second kappa shape index (κ2) is 4.78. The van der Waals surface area contributed by atoms with E-state index < -0.39 is 0 Å². The topological polar surface area (TPSA) is 55.1 Å². The van der Waals surface area contributed by atoms with Gasteiger partial charge in [-0.2, -0.15) is 0 Å². The third kappa shape index (κ3) is 2.98. The van der Waals surface area contributed by atoms with Crippen LogP contribution in [0, 0.1) is 11.8 Å². The highest BCUT2D eigenvalue weighted by Gasteiger charge is 2.26. The largest absolute Gasteiger partial charge is 0.352 e. The zero-order chi connectivity index (χ0) is 10.7. The summed E-state index contributed by atoms with van der Waals surface area (Å²) in [6.07, 6.45) is 3.53. The standard InChI is InChI=1S/C11H22N2O/c1-7-4-5-10(8(2)6-7)13-11(14)9(3)12/h7-10H,4-6,12H2,1-3H3,(H,13,14). The van der Waals surface area contributed by atoms with E-state index in [-0.39, 0.29) is 11.9 Å². The Morgan fingerprint density at radius 3 is 2.57 bits per heavy atom. The van der Waals surface area contributed by atoms with E-state index in [1.807, 2.05) is 0 Å². The van der Waals surface area contributed by atoms with Gasteiger partial charge in [-0.25, -0.2) is 0 Å². The van der Waals surface area contributed by atoms with Gasteiger partial charge in [0, 0.05) is 6.04 Å². The number of carbonyl (C=O) groups is 1. The van der Waals surface area contributed by atoms with Crippen molar-refractivity contribution in [3.63, 3.8) is 0 Å². The molecule has 82 valence electrons. The molecule has 1 aliphatic rings. The van der Waals surface area contributed by atoms with Crippen molar-refractivity contribution in [3.8, 4) is 0 Å². The monoisotopic (exact) mass is 198 g/mol. The molecule has 3 heteroatoms. The Morgan fingerprint density at radius 1 is 1.43 bits per heavy atom. The van der Waals surface area contributed by atoms with Crippen LogP contribution in [-0.4, -0.2) is 18.0 Å². The molecule has 3 N–H and O–H groups in total. The smallest absolute Gasteiger partial charge is 0.236 e. The molecule has 0 radical (unpaired) electrons. The molecule has 4 atom stereocenters. The van der Waals surface area contributed by atoms with Crippen LogP contribution in [0.3, 0.4) is 0 Å². The first-order valence-corrected chi connectivity index (χ1v) is 5.56. The number of carbonyl (C=O) groups excluding carboxylic acids is 1. The van der Waals surface area contributed by atoms with Gasteiger partial charge in [0.1, 0.15) is 0 Å². The van der Waals surface area contributed by atoms with E-state index in [0.717, 1.165) is 12.3 Å². The highest BCUT2D eigenvalue weighted by molar-refractivity contribution is 5.81. The van der Waals surface area contributed by atoms with Crippen LogP contribution in [0.2, 0.25) is 0 Å². The van der Waals surface area contributed by atoms with Crippen molar-refractivity contribution in [1.82, 2.24) is 5.32 Å². The van der Waals surface area contributed by atoms with Gasteiger partial charge in [-0.3, -0.25) is 4.79 Å². The first kappa shape index (κ1) is 11.5. The maximum atomic E-state index is 11.4. The molecule has 0 aliphatic heterocycles. The van der Waals surface area contributed by atoms with Gasteiger partial charge in [0.2, 0.25) is 5.91 Å². The lowest BCUT2D eigenvalue weighted by Gasteiger charge is -2.33. The lowest BCUT2D eigenvalue weighted by atomic mass is 9.80. The summed E-state index contributed by atoms with van der Waals surface area (Å²) >= 11 is 0. The highest BCUT2D eigenvalue weighted by Crippen LogP contribution is 2.28. The van der Waals surface area contributed by atoms with Gasteiger partial charge in [-0.15, -0.1) is 0 Å². The Bertz CT molecular complexity index is 203. The molecule has 0 aromatic carbocycles. The summed E-state index contributed by atoms with van der Waals surface area (Å²) < 4.78 is 0. The zero-order valence-corrected chi connectivity index (χ0v) is 9.42. The summed E-state index contributed by atoms with van der Waals surface area (Å²) in [4.78, 5) is 11.4. The lowest BCUT2D eigenvalue weighted by Crippen LogP contribution is -2.48. The molecule has 0 saturated heterocycles. The van der Waals surface area contributed by atoms with Crippen molar-refractivity contribution in [2.75, 3.05) is 0 Å². The number of amides is 1. The fraction of sp³-hybridized carbons (Fsp3) is 0.909. The predicted molar refractivity (Wildman–Crippen MR) is 57.8 cm³/mol. The van der Waals surface area contributed by atoms with Crippen molar-refractivity contribution in [1.29, 1.82) is 0 Å². The molecule has 0 bridgehead atoms. The van der Waals surface area contributed by atoms with Crippen LogP contribution < -0.4 is 11.1 Å². The fourth-order valence-electron chi connectivity index (χ4n) is 2.19. The number of nitrogens with two attached hydrogens (primary N) is 1. The third-order valence-corrected chi connectivity index (χ3v) is 3.17. The summed E-state index contributed by atoms with van der Waals surface area (Å²) in [6, 6.07) is -0.0498. The Morgan fingerprint density at radius 2 is 2.07 bits per heavy atom. The minimum atomic E-state index is -0.387. The second-order valence-corrected chi connectivity index (χ2v) is 4.80. The van der Waals surface area contributed by atoms with Crippen LogP contribution in [0.25, 0.3) is 0 Å². The second-order valence-electron chi connectivity index (χ2n) is 4.80. The van der Waals surface area contributed by atoms with Crippen LogP contribution in [0.1, 0.15) is 40.0 Å². The molecule has 4 unspecified atom stereocenters. The van der Waals surface area contributed by atoms with Gasteiger partial charge in [0.05, 0.1) is 6.04 Å². The molecule has 1 rings (SSSR count). The van der Waals surface area contributed by atoms with Crippen LogP contribution in [0.5, 0.6) is 0 Å². The number of hydrogen-bond donors (Lipinski definition) is 2. The van der Waals surface area contributed by atoms with Crippen LogP contribution in [0.4, 0.5) is 0 Å². The minimum absolute atomic E-state index is 0.0172. The fourth-order valence-corrected chi connectivity index (χ4v) is 2.19. The Labute approximate surface area is 86.4 Å². The highest BCUT2D eigenvalue weighted by atomic mass is 16.2. The average molecular weight is 198 g/mol. The van der Waals surface area contributed by atoms with Gasteiger partial charge in [-0.05, 0) is 38.0 Å². The molecule has 0 heterocycles. The van der Waals surface area contributed by atoms with Gasteiger partial charge in [-0.1, -0.05) is 13.8 Å². The molecule has 1 amide bonds. The summed E-state index contributed by atoms with van der Waals surface area (Å²) in [5.74, 6) is 1.37. The predicted octanol–water partition coefficient (Wildman–Crippen LogP) is 1.27. The maximum Gasteiger partial charge on any atom is 0.236 e. The average Bonchev–Trinajstić information content (AvgIpc) is 2.09. The summed E-state index contributed by atoms with van der Waals surface area (Å²) in [7, 11) is 0. The molecule has 1 saturated carbocycles. The van der Waals surface area contributed by atoms with Crippen LogP contribution >= 0.6 is 0 Å². The third-order valence-electron chi connectivity index (χ3n) is 3.17. The van der Waals surface area contributed by atoms with Crippen molar-refractivity contribution >= 4 is 5.91 Å². The van der Waals surface area contributed by atoms with E-state index in [9.17, 15) is 4.79 Å². The maximum absolute atomic E-state index is 11.4. The van der Waals surface area contributed by atoms with Gasteiger partial charge >= 0.3 is 0 Å². The summed E-state index contributed by atoms with van der Waals surface area (Å²) in [5, 5.41) is 3.02. The molecular weight excluding hydrogens is 176 g/mol. The first-order chi connectivity index (χ1) is 6.50. The SMILES string of the molecule is CC1CCC(NC(=O)C(C)N)C(C)C1. The van der Waals surface area contributed by atoms with E-state index in [1.165, 1.54) is 12.8 Å². The van der Waals surface area contributed by atoms with E-state index in [2.05, 4.69) is 19.2 Å². The van der Waals surface area contributed by atoms with Gasteiger partial charge < -0.3 is 11.1 Å². The van der Waals surface area contributed by atoms with E-state index in [1.54, 1.807) is 6.92 Å². The molecule has 0 aromatic rings. The van der Waals surface area contributed by atoms with E-state index in [4.69, 9.17) is 5.73 Å². The summed E-state index contributed by atoms with van der Waals surface area (Å²) in [5.41, 5.74) is 5.51. The molecule has 3 nitrogen and oxygen atoms in total. The quantitative estimate of drug-likeness (QED) is 0.702. The first-order valence-electron chi connectivity index (χ1n) is 5.56. The number of hydrogen-bond acceptors (Lipinski definition) is 2. The van der Waals surface area contributed by atoms with Crippen molar-refractivity contribution < 1.29 is 4.79 Å². The molecule has 0 aromatic heterocycles. The number of nitrogens with one attached hydrogen (secondary N) is 1. The van der Waals surface area contributed by atoms with Gasteiger partial charge in [0.15, 0.2) is 0 Å². The van der Waals surface area contributed by atoms with Crippen LogP contribution in [0.15, 0.2) is 0 Å². The summed E-state index contributed by atoms with van der Waals surface area (Å²) in [6.45, 7) is 6.22. The Kier molecular flexibility index (Phi) is 3.93. The Balaban J connectivity index is 2.41. The van der Waals surface area contributed by atoms with Crippen LogP contribution in [-0.2, 0) is 4.79 Å². The zero-order valence-electron chi connectivity index (χ0n) is 9.42. The van der Waals surface area contributed by atoms with E-state index in [0.29, 0.717) is 12.0 Å². The molecule has 0 spiro atoms. The number of rotatable bonds is 2. The van der Waals surface area contributed by atoms with E-state index >= 15 is 0 Å². The molecule has 1 fully saturated rings. The molecule has 1 aliphatic carbocycles. The van der Waals surface area contributed by atoms with Crippen molar-refractivity contribution in [2.24, 2.45) is 17.6 Å². The molecular formula is C11H22N2O. The van der Waals surface area contributed by atoms with Crippen molar-refractivity contribution in [2.45, 2.75) is 52.1 Å². The molecule has 14 heavy (non-hydrogen) atoms. The van der Waals surface area contributed by atoms with Crippen molar-refractivity contribution in [3.05, 3.63) is 0 Å². The Hall–Kier alpha value is -0.570. The van der Waals surface area contributed by atoms with Gasteiger partial charge in [0.25, 0.3) is 0 Å².